The van der Waals surface area contributed by atoms with E-state index in [0.29, 0.717) is 5.92 Å². The van der Waals surface area contributed by atoms with Gasteiger partial charge in [-0.05, 0) is 24.8 Å². The van der Waals surface area contributed by atoms with Crippen LogP contribution < -0.4 is 0 Å². The van der Waals surface area contributed by atoms with Crippen LogP contribution in [0.3, 0.4) is 0 Å². The van der Waals surface area contributed by atoms with Gasteiger partial charge in [0.15, 0.2) is 0 Å². The van der Waals surface area contributed by atoms with Gasteiger partial charge in [0, 0.05) is 5.92 Å². The highest BCUT2D eigenvalue weighted by Crippen LogP contribution is 2.25. The van der Waals surface area contributed by atoms with Crippen LogP contribution in [-0.2, 0) is 0 Å². The van der Waals surface area contributed by atoms with Crippen LogP contribution in [0.1, 0.15) is 69.3 Å². The van der Waals surface area contributed by atoms with E-state index < -0.39 is 0 Å². The van der Waals surface area contributed by atoms with Gasteiger partial charge in [-0.1, -0.05) is 81.0 Å². The van der Waals surface area contributed by atoms with Gasteiger partial charge in [-0.3, -0.25) is 0 Å². The molecule has 1 aromatic carbocycles. The van der Waals surface area contributed by atoms with Gasteiger partial charge >= 0.3 is 0 Å². The maximum atomic E-state index is 2.46. The van der Waals surface area contributed by atoms with Crippen molar-refractivity contribution in [1.29, 1.82) is 0 Å². The van der Waals surface area contributed by atoms with Gasteiger partial charge in [0.25, 0.3) is 0 Å². The molecule has 0 heterocycles. The van der Waals surface area contributed by atoms with Gasteiger partial charge in [0.05, 0.1) is 0 Å². The van der Waals surface area contributed by atoms with E-state index in [4.69, 9.17) is 0 Å². The van der Waals surface area contributed by atoms with E-state index in [9.17, 15) is 0 Å². The zero-order valence-corrected chi connectivity index (χ0v) is 11.5. The Morgan fingerprint density at radius 2 is 1.39 bits per heavy atom. The lowest BCUT2D eigenvalue weighted by molar-refractivity contribution is 0.552. The zero-order valence-electron chi connectivity index (χ0n) is 11.5. The summed E-state index contributed by atoms with van der Waals surface area (Å²) in [7, 11) is 0. The molecule has 1 aliphatic rings. The average Bonchev–Trinajstić information content (AvgIpc) is 2.40. The molecule has 0 amide bonds. The van der Waals surface area contributed by atoms with E-state index in [0.717, 1.165) is 0 Å². The molecular formula is C18H26. The van der Waals surface area contributed by atoms with Crippen LogP contribution in [0.4, 0.5) is 0 Å². The fraction of sp³-hybridized carbons (Fsp3) is 0.556. The van der Waals surface area contributed by atoms with E-state index in [1.165, 1.54) is 63.4 Å². The molecule has 2 rings (SSSR count). The Balaban J connectivity index is 1.98. The Bertz CT molecular complexity index is 336. The van der Waals surface area contributed by atoms with Gasteiger partial charge in [-0.15, -0.1) is 0 Å². The number of allylic oxidation sites excluding steroid dienone is 2. The molecule has 0 N–H and O–H groups in total. The molecule has 0 heteroatoms. The van der Waals surface area contributed by atoms with E-state index in [1.54, 1.807) is 0 Å². The largest absolute Gasteiger partial charge is 0.0879 e. The van der Waals surface area contributed by atoms with E-state index in [2.05, 4.69) is 42.5 Å². The fourth-order valence-electron chi connectivity index (χ4n) is 2.85. The summed E-state index contributed by atoms with van der Waals surface area (Å²) < 4.78 is 0. The lowest BCUT2D eigenvalue weighted by atomic mass is 9.91. The highest BCUT2D eigenvalue weighted by molar-refractivity contribution is 5.23. The highest BCUT2D eigenvalue weighted by atomic mass is 14.1. The Hall–Kier alpha value is -1.04. The van der Waals surface area contributed by atoms with Crippen molar-refractivity contribution in [3.63, 3.8) is 0 Å². The molecule has 0 aliphatic heterocycles. The summed E-state index contributed by atoms with van der Waals surface area (Å²) in [5, 5.41) is 0. The summed E-state index contributed by atoms with van der Waals surface area (Å²) >= 11 is 0. The molecule has 1 atom stereocenters. The first-order valence-electron chi connectivity index (χ1n) is 7.68. The third-order valence-electron chi connectivity index (χ3n) is 3.98. The lowest BCUT2D eigenvalue weighted by Gasteiger charge is -2.14. The van der Waals surface area contributed by atoms with Gasteiger partial charge in [-0.25, -0.2) is 0 Å². The second-order valence-corrected chi connectivity index (χ2v) is 5.50. The van der Waals surface area contributed by atoms with Crippen LogP contribution in [0.2, 0.25) is 0 Å². The molecule has 18 heavy (non-hydrogen) atoms. The fourth-order valence-corrected chi connectivity index (χ4v) is 2.85. The van der Waals surface area contributed by atoms with Gasteiger partial charge in [0.1, 0.15) is 0 Å². The Kier molecular flexibility index (Phi) is 6.05. The summed E-state index contributed by atoms with van der Waals surface area (Å²) in [4.78, 5) is 0. The van der Waals surface area contributed by atoms with Crippen LogP contribution in [0.15, 0.2) is 42.5 Å². The first kappa shape index (κ1) is 13.4. The normalized spacial score (nSPS) is 24.8. The van der Waals surface area contributed by atoms with Crippen molar-refractivity contribution in [2.75, 3.05) is 0 Å². The van der Waals surface area contributed by atoms with Crippen LogP contribution in [0.25, 0.3) is 0 Å². The van der Waals surface area contributed by atoms with Crippen molar-refractivity contribution in [2.24, 2.45) is 0 Å². The Morgan fingerprint density at radius 3 is 2.17 bits per heavy atom. The minimum atomic E-state index is 0.644. The molecule has 1 aromatic rings. The second-order valence-electron chi connectivity index (χ2n) is 5.50. The molecule has 0 saturated heterocycles. The summed E-state index contributed by atoms with van der Waals surface area (Å²) in [5.41, 5.74) is 1.49. The van der Waals surface area contributed by atoms with Crippen molar-refractivity contribution in [3.05, 3.63) is 48.0 Å². The molecule has 0 aromatic heterocycles. The Labute approximate surface area is 112 Å². The summed E-state index contributed by atoms with van der Waals surface area (Å²) in [6.07, 6.45) is 17.4. The van der Waals surface area contributed by atoms with E-state index >= 15 is 0 Å². The van der Waals surface area contributed by atoms with Gasteiger partial charge in [0.2, 0.25) is 0 Å². The lowest BCUT2D eigenvalue weighted by Crippen LogP contribution is -1.96. The molecule has 98 valence electrons. The molecule has 0 bridgehead atoms. The molecule has 0 fully saturated rings. The molecule has 1 aliphatic carbocycles. The van der Waals surface area contributed by atoms with Gasteiger partial charge < -0.3 is 0 Å². The predicted molar refractivity (Wildman–Crippen MR) is 79.9 cm³/mol. The molecule has 0 nitrogen and oxygen atoms in total. The molecule has 1 unspecified atom stereocenters. The third kappa shape index (κ3) is 4.68. The quantitative estimate of drug-likeness (QED) is 0.542. The molecule has 0 saturated carbocycles. The topological polar surface area (TPSA) is 0 Å². The van der Waals surface area contributed by atoms with Crippen molar-refractivity contribution in [1.82, 2.24) is 0 Å². The molecular weight excluding hydrogens is 216 g/mol. The van der Waals surface area contributed by atoms with Crippen LogP contribution in [-0.4, -0.2) is 0 Å². The SMILES string of the molecule is C1=C/C(c2ccccc2)CCCCCCCCC/1. The first-order valence-corrected chi connectivity index (χ1v) is 7.68. The standard InChI is InChI=1S/C18H26/c1-2-4-6-9-13-17(14-10-7-5-3-1)18-15-11-8-12-16-18/h8-9,11-13,15-17H,1-7,10,14H2/b13-9+. The second kappa shape index (κ2) is 8.13. The van der Waals surface area contributed by atoms with Crippen molar-refractivity contribution < 1.29 is 0 Å². The maximum Gasteiger partial charge on any atom is 0.00179 e. The Morgan fingerprint density at radius 1 is 0.722 bits per heavy atom. The van der Waals surface area contributed by atoms with E-state index in [-0.39, 0.29) is 0 Å². The monoisotopic (exact) mass is 242 g/mol. The minimum absolute atomic E-state index is 0.644. The van der Waals surface area contributed by atoms with Gasteiger partial charge in [-0.2, -0.15) is 0 Å². The summed E-state index contributed by atoms with van der Waals surface area (Å²) in [6.45, 7) is 0. The van der Waals surface area contributed by atoms with Crippen molar-refractivity contribution in [3.8, 4) is 0 Å². The smallest absolute Gasteiger partial charge is 0.00179 e. The predicted octanol–water partition coefficient (Wildman–Crippen LogP) is 5.85. The van der Waals surface area contributed by atoms with Crippen LogP contribution in [0, 0.1) is 0 Å². The van der Waals surface area contributed by atoms with Crippen molar-refractivity contribution >= 4 is 0 Å². The summed E-state index contributed by atoms with van der Waals surface area (Å²) in [6, 6.07) is 11.0. The third-order valence-corrected chi connectivity index (χ3v) is 3.98. The van der Waals surface area contributed by atoms with Crippen LogP contribution in [0.5, 0.6) is 0 Å². The number of benzene rings is 1. The van der Waals surface area contributed by atoms with E-state index in [1.807, 2.05) is 0 Å². The van der Waals surface area contributed by atoms with Crippen molar-refractivity contribution in [2.45, 2.75) is 63.7 Å². The number of hydrogen-bond acceptors (Lipinski definition) is 0. The molecule has 0 radical (unpaired) electrons. The zero-order chi connectivity index (χ0) is 12.5. The average molecular weight is 242 g/mol. The minimum Gasteiger partial charge on any atom is -0.0879 e. The maximum absolute atomic E-state index is 2.46. The molecule has 0 spiro atoms. The number of rotatable bonds is 1. The summed E-state index contributed by atoms with van der Waals surface area (Å²) in [5.74, 6) is 0.644. The number of hydrogen-bond donors (Lipinski definition) is 0. The van der Waals surface area contributed by atoms with Crippen LogP contribution >= 0.6 is 0 Å². The first-order chi connectivity index (χ1) is 8.97. The highest BCUT2D eigenvalue weighted by Gasteiger charge is 2.07.